The molecule has 31 heavy (non-hydrogen) atoms. The van der Waals surface area contributed by atoms with Gasteiger partial charge in [-0.15, -0.1) is 0 Å². The minimum atomic E-state index is -0.989. The Labute approximate surface area is 177 Å². The number of nitrogens with one attached hydrogen (secondary N) is 1. The average molecular weight is 420 g/mol. The minimum absolute atomic E-state index is 0.0630. The van der Waals surface area contributed by atoms with Crippen molar-refractivity contribution < 1.29 is 19.7 Å². The van der Waals surface area contributed by atoms with E-state index in [-0.39, 0.29) is 12.3 Å². The van der Waals surface area contributed by atoms with Crippen LogP contribution in [0.1, 0.15) is 16.2 Å². The van der Waals surface area contributed by atoms with E-state index in [1.165, 1.54) is 17.0 Å². The lowest BCUT2D eigenvalue weighted by Gasteiger charge is -2.13. The number of para-hydroxylation sites is 1. The molecular weight excluding hydrogens is 400 g/mol. The Morgan fingerprint density at radius 2 is 2.06 bits per heavy atom. The Morgan fingerprint density at radius 3 is 2.84 bits per heavy atom. The SMILES string of the molecule is Cc1nc2ccc(-c3ccccc3OCC(O)CO)nn2c1C(=O)Nc1ccncn1. The predicted molar refractivity (Wildman–Crippen MR) is 112 cm³/mol. The molecule has 1 aromatic carbocycles. The average Bonchev–Trinajstić information content (AvgIpc) is 3.13. The van der Waals surface area contributed by atoms with Gasteiger partial charge < -0.3 is 20.3 Å². The van der Waals surface area contributed by atoms with Crippen molar-refractivity contribution in [2.45, 2.75) is 13.0 Å². The number of carbonyl (C=O) groups is 1. The maximum absolute atomic E-state index is 12.9. The zero-order valence-corrected chi connectivity index (χ0v) is 16.6. The van der Waals surface area contributed by atoms with Crippen molar-refractivity contribution in [3.8, 4) is 17.0 Å². The third-order valence-electron chi connectivity index (χ3n) is 4.50. The number of rotatable bonds is 7. The van der Waals surface area contributed by atoms with E-state index in [0.717, 1.165) is 0 Å². The molecule has 1 unspecified atom stereocenters. The number of carbonyl (C=O) groups excluding carboxylic acids is 1. The van der Waals surface area contributed by atoms with Crippen LogP contribution in [0.2, 0.25) is 0 Å². The number of imidazole rings is 1. The zero-order chi connectivity index (χ0) is 21.8. The van der Waals surface area contributed by atoms with Gasteiger partial charge in [0.1, 0.15) is 30.6 Å². The van der Waals surface area contributed by atoms with Gasteiger partial charge in [0.05, 0.1) is 18.0 Å². The first-order valence-corrected chi connectivity index (χ1v) is 9.51. The van der Waals surface area contributed by atoms with E-state index in [9.17, 15) is 9.90 Å². The molecule has 1 atom stereocenters. The molecule has 10 nitrogen and oxygen atoms in total. The monoisotopic (exact) mass is 420 g/mol. The smallest absolute Gasteiger partial charge is 0.277 e. The summed E-state index contributed by atoms with van der Waals surface area (Å²) in [6.45, 7) is 1.27. The molecule has 3 aromatic heterocycles. The quantitative estimate of drug-likeness (QED) is 0.409. The Balaban J connectivity index is 1.70. The van der Waals surface area contributed by atoms with Crippen molar-refractivity contribution in [1.29, 1.82) is 0 Å². The van der Waals surface area contributed by atoms with Gasteiger partial charge in [-0.2, -0.15) is 5.10 Å². The standard InChI is InChI=1S/C21H20N6O4/c1-13-20(21(30)25-18-8-9-22-12-23-18)27-19(24-13)7-6-16(26-27)15-4-2-3-5-17(15)31-11-14(29)10-28/h2-9,12,14,28-29H,10-11H2,1H3,(H,22,23,25,30). The number of fused-ring (bicyclic) bond motifs is 1. The lowest BCUT2D eigenvalue weighted by molar-refractivity contribution is 0.0538. The highest BCUT2D eigenvalue weighted by molar-refractivity contribution is 6.03. The van der Waals surface area contributed by atoms with Gasteiger partial charge in [-0.3, -0.25) is 4.79 Å². The number of amides is 1. The van der Waals surface area contributed by atoms with Gasteiger partial charge in [0, 0.05) is 11.8 Å². The maximum Gasteiger partial charge on any atom is 0.277 e. The second-order valence-corrected chi connectivity index (χ2v) is 6.73. The molecule has 4 aromatic rings. The van der Waals surface area contributed by atoms with Crippen molar-refractivity contribution in [2.24, 2.45) is 0 Å². The largest absolute Gasteiger partial charge is 0.490 e. The zero-order valence-electron chi connectivity index (χ0n) is 16.6. The fourth-order valence-corrected chi connectivity index (χ4v) is 3.03. The minimum Gasteiger partial charge on any atom is -0.490 e. The van der Waals surface area contributed by atoms with E-state index in [4.69, 9.17) is 9.84 Å². The summed E-state index contributed by atoms with van der Waals surface area (Å²) in [4.78, 5) is 25.1. The second-order valence-electron chi connectivity index (χ2n) is 6.73. The summed E-state index contributed by atoms with van der Waals surface area (Å²) >= 11 is 0. The van der Waals surface area contributed by atoms with Gasteiger partial charge >= 0.3 is 0 Å². The topological polar surface area (TPSA) is 135 Å². The summed E-state index contributed by atoms with van der Waals surface area (Å²) < 4.78 is 7.12. The van der Waals surface area contributed by atoms with Crippen molar-refractivity contribution in [2.75, 3.05) is 18.5 Å². The van der Waals surface area contributed by atoms with Gasteiger partial charge in [0.15, 0.2) is 11.3 Å². The summed E-state index contributed by atoms with van der Waals surface area (Å²) in [5.74, 6) is 0.460. The molecule has 158 valence electrons. The number of aliphatic hydroxyl groups excluding tert-OH is 2. The predicted octanol–water partition coefficient (Wildman–Crippen LogP) is 1.48. The van der Waals surface area contributed by atoms with E-state index >= 15 is 0 Å². The molecule has 0 aliphatic rings. The lowest BCUT2D eigenvalue weighted by atomic mass is 10.1. The van der Waals surface area contributed by atoms with Crippen LogP contribution in [0, 0.1) is 6.92 Å². The van der Waals surface area contributed by atoms with Crippen LogP contribution in [-0.4, -0.2) is 60.0 Å². The van der Waals surface area contributed by atoms with Gasteiger partial charge in [0.2, 0.25) is 0 Å². The fourth-order valence-electron chi connectivity index (χ4n) is 3.03. The molecule has 0 bridgehead atoms. The molecule has 0 saturated heterocycles. The fraction of sp³-hybridized carbons (Fsp3) is 0.190. The van der Waals surface area contributed by atoms with Crippen LogP contribution >= 0.6 is 0 Å². The van der Waals surface area contributed by atoms with Crippen molar-refractivity contribution in [1.82, 2.24) is 24.6 Å². The summed E-state index contributed by atoms with van der Waals surface area (Å²) in [6, 6.07) is 12.3. The molecule has 0 aliphatic heterocycles. The highest BCUT2D eigenvalue weighted by atomic mass is 16.5. The number of nitrogens with zero attached hydrogens (tertiary/aromatic N) is 5. The number of hydrogen-bond acceptors (Lipinski definition) is 8. The van der Waals surface area contributed by atoms with Crippen LogP contribution in [-0.2, 0) is 0 Å². The van der Waals surface area contributed by atoms with Gasteiger partial charge in [-0.05, 0) is 37.3 Å². The van der Waals surface area contributed by atoms with Gasteiger partial charge in [0.25, 0.3) is 5.91 Å². The molecule has 3 N–H and O–H groups in total. The number of hydrogen-bond donors (Lipinski definition) is 3. The van der Waals surface area contributed by atoms with E-state index in [2.05, 4.69) is 25.4 Å². The third kappa shape index (κ3) is 4.34. The molecule has 10 heteroatoms. The molecule has 0 spiro atoms. The van der Waals surface area contributed by atoms with Crippen LogP contribution in [0.5, 0.6) is 5.75 Å². The lowest BCUT2D eigenvalue weighted by Crippen LogP contribution is -2.21. The Bertz CT molecular complexity index is 1210. The van der Waals surface area contributed by atoms with Crippen LogP contribution in [0.4, 0.5) is 5.82 Å². The summed E-state index contributed by atoms with van der Waals surface area (Å²) in [5.41, 5.74) is 2.54. The summed E-state index contributed by atoms with van der Waals surface area (Å²) in [6.07, 6.45) is 1.89. The maximum atomic E-state index is 12.9. The summed E-state index contributed by atoms with van der Waals surface area (Å²) in [5, 5.41) is 25.9. The Hall–Kier alpha value is -3.89. The number of ether oxygens (including phenoxy) is 1. The normalized spacial score (nSPS) is 12.0. The van der Waals surface area contributed by atoms with Crippen LogP contribution in [0.3, 0.4) is 0 Å². The third-order valence-corrected chi connectivity index (χ3v) is 4.50. The van der Waals surface area contributed by atoms with Gasteiger partial charge in [-0.1, -0.05) is 12.1 Å². The first-order chi connectivity index (χ1) is 15.1. The second kappa shape index (κ2) is 8.86. The van der Waals surface area contributed by atoms with Crippen LogP contribution in [0.25, 0.3) is 16.9 Å². The number of aryl methyl sites for hydroxylation is 1. The van der Waals surface area contributed by atoms with Crippen molar-refractivity contribution in [3.63, 3.8) is 0 Å². The Kier molecular flexibility index (Phi) is 5.83. The number of benzene rings is 1. The molecule has 0 aliphatic carbocycles. The van der Waals surface area contributed by atoms with Crippen LogP contribution in [0.15, 0.2) is 55.0 Å². The van der Waals surface area contributed by atoms with E-state index in [0.29, 0.717) is 34.2 Å². The molecular formula is C21H20N6O4. The summed E-state index contributed by atoms with van der Waals surface area (Å²) in [7, 11) is 0. The number of aliphatic hydroxyl groups is 2. The molecule has 4 rings (SSSR count). The number of anilines is 1. The molecule has 0 radical (unpaired) electrons. The molecule has 1 amide bonds. The molecule has 0 fully saturated rings. The first kappa shape index (κ1) is 20.4. The van der Waals surface area contributed by atoms with E-state index < -0.39 is 18.6 Å². The highest BCUT2D eigenvalue weighted by Gasteiger charge is 2.19. The van der Waals surface area contributed by atoms with Crippen molar-refractivity contribution >= 4 is 17.4 Å². The highest BCUT2D eigenvalue weighted by Crippen LogP contribution is 2.29. The molecule has 3 heterocycles. The first-order valence-electron chi connectivity index (χ1n) is 9.51. The van der Waals surface area contributed by atoms with Crippen LogP contribution < -0.4 is 10.1 Å². The Morgan fingerprint density at radius 1 is 1.23 bits per heavy atom. The van der Waals surface area contributed by atoms with Crippen molar-refractivity contribution in [3.05, 3.63) is 66.4 Å². The van der Waals surface area contributed by atoms with E-state index in [1.54, 1.807) is 37.3 Å². The van der Waals surface area contributed by atoms with Gasteiger partial charge in [-0.25, -0.2) is 19.5 Å². The number of aromatic nitrogens is 5. The van der Waals surface area contributed by atoms with E-state index in [1.807, 2.05) is 12.1 Å². The molecule has 0 saturated carbocycles.